The maximum Gasteiger partial charge on any atom is 0.343 e. The van der Waals surface area contributed by atoms with Crippen molar-refractivity contribution in [2.45, 2.75) is 0 Å². The number of rotatable bonds is 7. The molecule has 4 aromatic rings. The Kier molecular flexibility index (Phi) is 7.50. The third kappa shape index (κ3) is 5.47. The zero-order chi connectivity index (χ0) is 25.7. The van der Waals surface area contributed by atoms with Gasteiger partial charge in [-0.05, 0) is 59.3 Å². The molecule has 0 radical (unpaired) electrons. The van der Waals surface area contributed by atoms with Crippen molar-refractivity contribution < 1.29 is 28.9 Å². The van der Waals surface area contributed by atoms with Gasteiger partial charge >= 0.3 is 5.97 Å². The number of hydrogen-bond donors (Lipinski definition) is 2. The highest BCUT2D eigenvalue weighted by molar-refractivity contribution is 9.10. The first-order chi connectivity index (χ1) is 17.4. The number of phenolic OH excluding ortho intramolecular Hbond substituents is 1. The zero-order valence-corrected chi connectivity index (χ0v) is 20.9. The molecular formula is C27H21BrN2O6. The van der Waals surface area contributed by atoms with Gasteiger partial charge in [-0.3, -0.25) is 4.79 Å². The molecule has 8 nitrogen and oxygen atoms in total. The Hall–Kier alpha value is -4.37. The van der Waals surface area contributed by atoms with E-state index in [1.54, 1.807) is 36.4 Å². The first-order valence-electron chi connectivity index (χ1n) is 10.7. The second kappa shape index (κ2) is 10.9. The lowest BCUT2D eigenvalue weighted by atomic mass is 10.1. The predicted molar refractivity (Wildman–Crippen MR) is 139 cm³/mol. The van der Waals surface area contributed by atoms with Crippen molar-refractivity contribution in [2.75, 3.05) is 14.2 Å². The minimum atomic E-state index is -0.613. The molecule has 4 aromatic carbocycles. The Morgan fingerprint density at radius 3 is 2.31 bits per heavy atom. The number of nitrogens with zero attached hydrogens (tertiary/aromatic N) is 1. The molecule has 0 aliphatic rings. The monoisotopic (exact) mass is 548 g/mol. The number of carbonyl (C=O) groups is 2. The number of aromatic hydroxyl groups is 1. The number of fused-ring (bicyclic) bond motifs is 1. The second-order valence-corrected chi connectivity index (χ2v) is 8.47. The lowest BCUT2D eigenvalue weighted by Crippen LogP contribution is -2.18. The quantitative estimate of drug-likeness (QED) is 0.140. The van der Waals surface area contributed by atoms with Gasteiger partial charge < -0.3 is 19.3 Å². The van der Waals surface area contributed by atoms with Crippen LogP contribution in [0.3, 0.4) is 0 Å². The van der Waals surface area contributed by atoms with Crippen LogP contribution in [0, 0.1) is 0 Å². The van der Waals surface area contributed by atoms with Gasteiger partial charge in [-0.2, -0.15) is 5.10 Å². The van der Waals surface area contributed by atoms with E-state index in [0.717, 1.165) is 10.8 Å². The van der Waals surface area contributed by atoms with Crippen LogP contribution >= 0.6 is 15.9 Å². The summed E-state index contributed by atoms with van der Waals surface area (Å²) in [6.07, 6.45) is 1.35. The van der Waals surface area contributed by atoms with Crippen molar-refractivity contribution in [1.82, 2.24) is 5.43 Å². The number of hydrazone groups is 1. The molecule has 0 fully saturated rings. The summed E-state index contributed by atoms with van der Waals surface area (Å²) >= 11 is 3.38. The standard InChI is InChI=1S/C27H21BrN2O6/c1-34-24-9-7-18(14-25(24)35-2)27(33)36-23-10-8-20(28)11-19(23)15-29-30-26(32)21-12-16-5-3-4-6-17(16)13-22(21)31/h3-15,31H,1-2H3,(H,30,32). The Labute approximate surface area is 215 Å². The first kappa shape index (κ1) is 24.7. The molecule has 0 saturated heterocycles. The smallest absolute Gasteiger partial charge is 0.343 e. The average molecular weight is 549 g/mol. The molecule has 0 bridgehead atoms. The van der Waals surface area contributed by atoms with Crippen molar-refractivity contribution in [3.05, 3.63) is 94.0 Å². The molecule has 2 N–H and O–H groups in total. The lowest BCUT2D eigenvalue weighted by Gasteiger charge is -2.11. The lowest BCUT2D eigenvalue weighted by molar-refractivity contribution is 0.0733. The third-order valence-corrected chi connectivity index (χ3v) is 5.77. The number of hydrogen-bond acceptors (Lipinski definition) is 7. The molecule has 0 atom stereocenters. The Bertz CT molecular complexity index is 1480. The fourth-order valence-electron chi connectivity index (χ4n) is 3.47. The number of nitrogens with one attached hydrogen (secondary N) is 1. The molecule has 182 valence electrons. The fourth-order valence-corrected chi connectivity index (χ4v) is 3.84. The highest BCUT2D eigenvalue weighted by atomic mass is 79.9. The van der Waals surface area contributed by atoms with Gasteiger partial charge in [0.1, 0.15) is 11.5 Å². The van der Waals surface area contributed by atoms with Gasteiger partial charge in [0.25, 0.3) is 5.91 Å². The minimum Gasteiger partial charge on any atom is -0.507 e. The molecule has 0 spiro atoms. The van der Waals surface area contributed by atoms with Crippen LogP contribution < -0.4 is 19.6 Å². The van der Waals surface area contributed by atoms with Crippen molar-refractivity contribution in [2.24, 2.45) is 5.10 Å². The van der Waals surface area contributed by atoms with Crippen LogP contribution in [-0.4, -0.2) is 37.4 Å². The van der Waals surface area contributed by atoms with E-state index < -0.39 is 11.9 Å². The van der Waals surface area contributed by atoms with Crippen molar-refractivity contribution >= 4 is 44.8 Å². The van der Waals surface area contributed by atoms with Gasteiger partial charge in [-0.25, -0.2) is 10.2 Å². The van der Waals surface area contributed by atoms with Crippen LogP contribution in [0.4, 0.5) is 0 Å². The van der Waals surface area contributed by atoms with E-state index in [9.17, 15) is 14.7 Å². The summed E-state index contributed by atoms with van der Waals surface area (Å²) in [4.78, 5) is 25.4. The normalized spacial score (nSPS) is 10.9. The number of esters is 1. The topological polar surface area (TPSA) is 106 Å². The summed E-state index contributed by atoms with van der Waals surface area (Å²) in [6.45, 7) is 0. The Morgan fingerprint density at radius 2 is 1.58 bits per heavy atom. The van der Waals surface area contributed by atoms with E-state index in [1.165, 1.54) is 32.6 Å². The number of methoxy groups -OCH3 is 2. The average Bonchev–Trinajstić information content (AvgIpc) is 2.89. The number of benzene rings is 4. The number of carbonyl (C=O) groups excluding carboxylic acids is 2. The van der Waals surface area contributed by atoms with Gasteiger partial charge in [0.2, 0.25) is 0 Å². The molecule has 0 aliphatic carbocycles. The Morgan fingerprint density at radius 1 is 0.889 bits per heavy atom. The third-order valence-electron chi connectivity index (χ3n) is 5.27. The summed E-state index contributed by atoms with van der Waals surface area (Å²) in [6, 6.07) is 20.2. The van der Waals surface area contributed by atoms with E-state index in [-0.39, 0.29) is 22.6 Å². The number of amides is 1. The summed E-state index contributed by atoms with van der Waals surface area (Å²) < 4.78 is 16.7. The number of ether oxygens (including phenoxy) is 3. The zero-order valence-electron chi connectivity index (χ0n) is 19.3. The van der Waals surface area contributed by atoms with Gasteiger partial charge in [0, 0.05) is 10.0 Å². The highest BCUT2D eigenvalue weighted by Crippen LogP contribution is 2.29. The fraction of sp³-hybridized carbons (Fsp3) is 0.0741. The van der Waals surface area contributed by atoms with Gasteiger partial charge in [0.15, 0.2) is 11.5 Å². The molecular weight excluding hydrogens is 528 g/mol. The molecule has 0 unspecified atom stereocenters. The van der Waals surface area contributed by atoms with Gasteiger partial charge in [-0.15, -0.1) is 0 Å². The molecule has 0 heterocycles. The van der Waals surface area contributed by atoms with Crippen LogP contribution in [0.2, 0.25) is 0 Å². The minimum absolute atomic E-state index is 0.0835. The van der Waals surface area contributed by atoms with Gasteiger partial charge in [0.05, 0.1) is 31.6 Å². The molecule has 0 aliphatic heterocycles. The van der Waals surface area contributed by atoms with E-state index in [4.69, 9.17) is 14.2 Å². The van der Waals surface area contributed by atoms with Crippen molar-refractivity contribution in [1.29, 1.82) is 0 Å². The van der Waals surface area contributed by atoms with E-state index >= 15 is 0 Å². The predicted octanol–water partition coefficient (Wildman–Crippen LogP) is 5.31. The summed E-state index contributed by atoms with van der Waals surface area (Å²) in [5, 5.41) is 15.9. The number of halogens is 1. The maximum absolute atomic E-state index is 12.8. The second-order valence-electron chi connectivity index (χ2n) is 7.56. The first-order valence-corrected chi connectivity index (χ1v) is 11.5. The molecule has 36 heavy (non-hydrogen) atoms. The molecule has 4 rings (SSSR count). The Balaban J connectivity index is 1.52. The van der Waals surface area contributed by atoms with Crippen LogP contribution in [0.5, 0.6) is 23.0 Å². The number of phenols is 1. The van der Waals surface area contributed by atoms with E-state index in [1.807, 2.05) is 24.3 Å². The van der Waals surface area contributed by atoms with Crippen LogP contribution in [-0.2, 0) is 0 Å². The van der Waals surface area contributed by atoms with Crippen LogP contribution in [0.15, 0.2) is 82.4 Å². The van der Waals surface area contributed by atoms with E-state index in [0.29, 0.717) is 21.5 Å². The molecule has 1 amide bonds. The summed E-state index contributed by atoms with van der Waals surface area (Å²) in [7, 11) is 2.98. The summed E-state index contributed by atoms with van der Waals surface area (Å²) in [5.74, 6) is -0.257. The molecule has 9 heteroatoms. The van der Waals surface area contributed by atoms with Crippen molar-refractivity contribution in [3.8, 4) is 23.0 Å². The molecule has 0 aromatic heterocycles. The summed E-state index contributed by atoms with van der Waals surface area (Å²) in [5.41, 5.74) is 3.17. The largest absolute Gasteiger partial charge is 0.507 e. The molecule has 0 saturated carbocycles. The maximum atomic E-state index is 12.8. The van der Waals surface area contributed by atoms with Gasteiger partial charge in [-0.1, -0.05) is 40.2 Å². The highest BCUT2D eigenvalue weighted by Gasteiger charge is 2.15. The van der Waals surface area contributed by atoms with Crippen LogP contribution in [0.1, 0.15) is 26.3 Å². The van der Waals surface area contributed by atoms with Crippen LogP contribution in [0.25, 0.3) is 10.8 Å². The SMILES string of the molecule is COc1ccc(C(=O)Oc2ccc(Br)cc2C=NNC(=O)c2cc3ccccc3cc2O)cc1OC. The van der Waals surface area contributed by atoms with Crippen molar-refractivity contribution in [3.63, 3.8) is 0 Å². The van der Waals surface area contributed by atoms with E-state index in [2.05, 4.69) is 26.5 Å².